The second-order valence-corrected chi connectivity index (χ2v) is 9.99. The molecule has 0 spiro atoms. The topological polar surface area (TPSA) is 80.3 Å². The Labute approximate surface area is 256 Å². The van der Waals surface area contributed by atoms with Crippen molar-refractivity contribution in [1.82, 2.24) is 0 Å². The summed E-state index contributed by atoms with van der Waals surface area (Å²) in [5, 5.41) is 0. The van der Waals surface area contributed by atoms with Gasteiger partial charge in [-0.05, 0) is 74.9 Å². The van der Waals surface area contributed by atoms with E-state index >= 15 is 0 Å². The number of ether oxygens (including phenoxy) is 5. The highest BCUT2D eigenvalue weighted by Crippen LogP contribution is 2.33. The van der Waals surface area contributed by atoms with Crippen molar-refractivity contribution in [2.24, 2.45) is 0 Å². The number of hydrogen-bond donors (Lipinski definition) is 0. The number of carbonyl (C=O) groups excluding carboxylic acids is 2. The van der Waals surface area contributed by atoms with Crippen LogP contribution in [0.5, 0.6) is 11.5 Å². The van der Waals surface area contributed by atoms with Crippen molar-refractivity contribution in [1.29, 1.82) is 0 Å². The van der Waals surface area contributed by atoms with Crippen LogP contribution in [0.25, 0.3) is 11.1 Å². The Kier molecular flexibility index (Phi) is 14.2. The van der Waals surface area contributed by atoms with Crippen LogP contribution in [0, 0.1) is 0 Å². The lowest BCUT2D eigenvalue weighted by Crippen LogP contribution is -2.34. The molecule has 44 heavy (non-hydrogen) atoms. The summed E-state index contributed by atoms with van der Waals surface area (Å²) in [7, 11) is 1.63. The summed E-state index contributed by atoms with van der Waals surface area (Å²) < 4.78 is 67.8. The van der Waals surface area contributed by atoms with Crippen molar-refractivity contribution in [3.63, 3.8) is 0 Å². The summed E-state index contributed by atoms with van der Waals surface area (Å²) >= 11 is 0. The van der Waals surface area contributed by atoms with Gasteiger partial charge in [0.15, 0.2) is 6.10 Å². The Bertz CT molecular complexity index is 1310. The molecule has 0 aromatic heterocycles. The molecule has 3 aromatic carbocycles. The van der Waals surface area contributed by atoms with Crippen LogP contribution in [0.3, 0.4) is 0 Å². The normalized spacial score (nSPS) is 12.0. The highest BCUT2D eigenvalue weighted by atomic mass is 19.4. The van der Waals surface area contributed by atoms with E-state index in [1.54, 1.807) is 25.3 Å². The highest BCUT2D eigenvalue weighted by Gasteiger charge is 2.42. The fourth-order valence-electron chi connectivity index (χ4n) is 4.38. The van der Waals surface area contributed by atoms with Gasteiger partial charge in [0.2, 0.25) is 0 Å². The molecule has 0 unspecified atom stereocenters. The van der Waals surface area contributed by atoms with Gasteiger partial charge in [0.25, 0.3) is 0 Å². The average molecular weight is 617 g/mol. The molecule has 0 radical (unpaired) electrons. The summed E-state index contributed by atoms with van der Waals surface area (Å²) in [6.45, 7) is 3.83. The first-order valence-corrected chi connectivity index (χ1v) is 14.7. The zero-order valence-electron chi connectivity index (χ0n) is 25.1. The second kappa shape index (κ2) is 18.0. The quantitative estimate of drug-likeness (QED) is 0.0813. The Hall–Kier alpha value is -3.89. The molecule has 0 amide bonds. The molecule has 1 atom stereocenters. The maximum absolute atomic E-state index is 13.7. The lowest BCUT2D eigenvalue weighted by atomic mass is 10.0. The number of halogens is 3. The lowest BCUT2D eigenvalue weighted by Gasteiger charge is -2.21. The smallest absolute Gasteiger partial charge is 0.425 e. The molecule has 0 N–H and O–H groups in total. The van der Waals surface area contributed by atoms with Gasteiger partial charge >= 0.3 is 18.1 Å². The molecule has 0 saturated carbocycles. The lowest BCUT2D eigenvalue weighted by molar-refractivity contribution is -0.206. The van der Waals surface area contributed by atoms with Crippen molar-refractivity contribution in [2.75, 3.05) is 33.5 Å². The summed E-state index contributed by atoms with van der Waals surface area (Å²) in [4.78, 5) is 26.1. The summed E-state index contributed by atoms with van der Waals surface area (Å²) in [6.07, 6.45) is -4.57. The van der Waals surface area contributed by atoms with Crippen molar-refractivity contribution in [3.05, 3.63) is 83.9 Å². The van der Waals surface area contributed by atoms with Gasteiger partial charge in [-0.1, -0.05) is 48.9 Å². The van der Waals surface area contributed by atoms with Crippen LogP contribution < -0.4 is 9.47 Å². The third-order valence-electron chi connectivity index (χ3n) is 6.69. The molecule has 0 heterocycles. The van der Waals surface area contributed by atoms with Gasteiger partial charge in [0, 0.05) is 32.5 Å². The van der Waals surface area contributed by atoms with E-state index in [1.165, 1.54) is 24.3 Å². The third kappa shape index (κ3) is 11.0. The number of carbonyl (C=O) groups is 2. The molecular weight excluding hydrogens is 577 g/mol. The van der Waals surface area contributed by atoms with E-state index in [1.807, 2.05) is 37.3 Å². The van der Waals surface area contributed by atoms with Gasteiger partial charge in [-0.25, -0.2) is 9.59 Å². The molecule has 3 rings (SSSR count). The Balaban J connectivity index is 1.74. The first kappa shape index (κ1) is 34.6. The van der Waals surface area contributed by atoms with Crippen LogP contribution in [0.2, 0.25) is 0 Å². The number of unbranched alkanes of at least 4 members (excludes halogenated alkanes) is 3. The van der Waals surface area contributed by atoms with Gasteiger partial charge in [0.05, 0.1) is 12.2 Å². The van der Waals surface area contributed by atoms with E-state index in [9.17, 15) is 22.8 Å². The molecule has 7 nitrogen and oxygen atoms in total. The molecule has 0 aliphatic rings. The molecule has 0 aliphatic heterocycles. The fourth-order valence-corrected chi connectivity index (χ4v) is 4.38. The minimum atomic E-state index is -4.75. The van der Waals surface area contributed by atoms with Gasteiger partial charge in [-0.3, -0.25) is 0 Å². The van der Waals surface area contributed by atoms with Gasteiger partial charge < -0.3 is 23.7 Å². The minimum absolute atomic E-state index is 0.139. The predicted octanol–water partition coefficient (Wildman–Crippen LogP) is 8.06. The van der Waals surface area contributed by atoms with Crippen LogP contribution in [0.1, 0.15) is 66.2 Å². The zero-order chi connectivity index (χ0) is 31.8. The minimum Gasteiger partial charge on any atom is -0.493 e. The van der Waals surface area contributed by atoms with E-state index in [0.717, 1.165) is 24.0 Å². The Morgan fingerprint density at radius 2 is 1.48 bits per heavy atom. The Morgan fingerprint density at radius 3 is 2.20 bits per heavy atom. The van der Waals surface area contributed by atoms with Crippen LogP contribution in [0.15, 0.2) is 72.8 Å². The number of rotatable bonds is 18. The van der Waals surface area contributed by atoms with E-state index in [4.69, 9.17) is 23.7 Å². The third-order valence-corrected chi connectivity index (χ3v) is 6.69. The predicted molar refractivity (Wildman–Crippen MR) is 160 cm³/mol. The van der Waals surface area contributed by atoms with Crippen LogP contribution in [-0.2, 0) is 14.2 Å². The molecule has 3 aromatic rings. The summed E-state index contributed by atoms with van der Waals surface area (Å²) in [5.41, 5.74) is 1.51. The van der Waals surface area contributed by atoms with Gasteiger partial charge in [-0.2, -0.15) is 13.2 Å². The number of alkyl halides is 3. The summed E-state index contributed by atoms with van der Waals surface area (Å²) in [6, 6.07) is 19.9. The largest absolute Gasteiger partial charge is 0.493 e. The molecule has 0 saturated heterocycles. The number of para-hydroxylation sites is 1. The number of hydrogen-bond acceptors (Lipinski definition) is 7. The van der Waals surface area contributed by atoms with Crippen LogP contribution in [0.4, 0.5) is 13.2 Å². The standard InChI is InChI=1S/C34H39F3O7/c1-3-41-22-11-5-8-18-31(34(35,36)37)44-33(39)28-16-9-10-17-29(28)43-32(38)26-19-20-27(25-14-6-4-7-15-25)30(24-26)42-23-13-12-21-40-2/h4,6-7,9-10,14-17,19-20,24,31H,3,5,8,11-13,18,21-23H2,1-2H3/t31-/m1/s1. The van der Waals surface area contributed by atoms with Crippen LogP contribution in [-0.4, -0.2) is 57.8 Å². The molecular formula is C34H39F3O7. The highest BCUT2D eigenvalue weighted by molar-refractivity contribution is 5.97. The van der Waals surface area contributed by atoms with E-state index in [0.29, 0.717) is 45.0 Å². The summed E-state index contributed by atoms with van der Waals surface area (Å²) in [5.74, 6) is -1.79. The van der Waals surface area contributed by atoms with E-state index in [-0.39, 0.29) is 29.7 Å². The monoisotopic (exact) mass is 616 g/mol. The van der Waals surface area contributed by atoms with Crippen molar-refractivity contribution in [3.8, 4) is 22.6 Å². The fraction of sp³-hybridized carbons (Fsp3) is 0.412. The zero-order valence-corrected chi connectivity index (χ0v) is 25.1. The van der Waals surface area contributed by atoms with Crippen LogP contribution >= 0.6 is 0 Å². The first-order valence-electron chi connectivity index (χ1n) is 14.7. The molecule has 10 heteroatoms. The average Bonchev–Trinajstić information content (AvgIpc) is 3.02. The SMILES string of the molecule is CCOCCCCC[C@@H](OC(=O)c1ccccc1OC(=O)c1ccc(-c2ccccc2)c(OCCCCOC)c1)C(F)(F)F. The van der Waals surface area contributed by atoms with Crippen molar-refractivity contribution >= 4 is 11.9 Å². The number of esters is 2. The number of benzene rings is 3. The molecule has 0 aliphatic carbocycles. The maximum atomic E-state index is 13.7. The van der Waals surface area contributed by atoms with Gasteiger partial charge in [0.1, 0.15) is 17.1 Å². The second-order valence-electron chi connectivity index (χ2n) is 9.99. The molecule has 0 fully saturated rings. The van der Waals surface area contributed by atoms with E-state index in [2.05, 4.69) is 0 Å². The maximum Gasteiger partial charge on any atom is 0.425 e. The van der Waals surface area contributed by atoms with Gasteiger partial charge in [-0.15, -0.1) is 0 Å². The number of methoxy groups -OCH3 is 1. The Morgan fingerprint density at radius 1 is 0.773 bits per heavy atom. The first-order chi connectivity index (χ1) is 21.2. The van der Waals surface area contributed by atoms with Crippen molar-refractivity contribution in [2.45, 2.75) is 57.7 Å². The van der Waals surface area contributed by atoms with Crippen molar-refractivity contribution < 1.29 is 46.4 Å². The van der Waals surface area contributed by atoms with E-state index < -0.39 is 24.2 Å². The molecule has 238 valence electrons. The molecule has 0 bridgehead atoms.